The second kappa shape index (κ2) is 5.08. The first-order valence-electron chi connectivity index (χ1n) is 5.81. The normalized spacial score (nSPS) is 30.4. The lowest BCUT2D eigenvalue weighted by molar-refractivity contribution is -0.145. The van der Waals surface area contributed by atoms with Crippen molar-refractivity contribution in [1.29, 1.82) is 0 Å². The Kier molecular flexibility index (Phi) is 3.74. The summed E-state index contributed by atoms with van der Waals surface area (Å²) in [6.07, 6.45) is 3.59. The first-order chi connectivity index (χ1) is 7.68. The van der Waals surface area contributed by atoms with Gasteiger partial charge in [-0.1, -0.05) is 0 Å². The van der Waals surface area contributed by atoms with Gasteiger partial charge in [0.2, 0.25) is 5.91 Å². The summed E-state index contributed by atoms with van der Waals surface area (Å²) >= 11 is 1.72. The zero-order valence-electron chi connectivity index (χ0n) is 9.22. The Labute approximate surface area is 99.4 Å². The number of amides is 1. The largest absolute Gasteiger partial charge is 0.481 e. The summed E-state index contributed by atoms with van der Waals surface area (Å²) in [4.78, 5) is 24.7. The zero-order valence-corrected chi connectivity index (χ0v) is 10.0. The van der Waals surface area contributed by atoms with Crippen LogP contribution in [0.15, 0.2) is 0 Å². The van der Waals surface area contributed by atoms with Crippen molar-refractivity contribution in [3.05, 3.63) is 0 Å². The SMILES string of the molecule is O=C(O)C1CCCN(C(=O)C2CCCS2)C1. The second-order valence-electron chi connectivity index (χ2n) is 4.46. The molecule has 0 bridgehead atoms. The predicted octanol–water partition coefficient (Wildman–Crippen LogP) is 1.21. The van der Waals surface area contributed by atoms with E-state index in [1.807, 2.05) is 0 Å². The van der Waals surface area contributed by atoms with Crippen molar-refractivity contribution in [2.75, 3.05) is 18.8 Å². The van der Waals surface area contributed by atoms with E-state index in [1.165, 1.54) is 0 Å². The van der Waals surface area contributed by atoms with Crippen LogP contribution in [0.1, 0.15) is 25.7 Å². The summed E-state index contributed by atoms with van der Waals surface area (Å²) in [6.45, 7) is 1.14. The maximum absolute atomic E-state index is 12.1. The first kappa shape index (κ1) is 11.8. The van der Waals surface area contributed by atoms with Gasteiger partial charge in [0.1, 0.15) is 0 Å². The molecule has 2 atom stereocenters. The number of piperidine rings is 1. The highest BCUT2D eigenvalue weighted by Gasteiger charge is 2.33. The van der Waals surface area contributed by atoms with E-state index in [4.69, 9.17) is 5.11 Å². The number of carboxylic acid groups (broad SMARTS) is 1. The Hall–Kier alpha value is -0.710. The Morgan fingerprint density at radius 3 is 2.69 bits per heavy atom. The third-order valence-corrected chi connectivity index (χ3v) is 4.65. The number of carbonyl (C=O) groups excluding carboxylic acids is 1. The fourth-order valence-electron chi connectivity index (χ4n) is 2.35. The van der Waals surface area contributed by atoms with Crippen molar-refractivity contribution in [2.24, 2.45) is 5.92 Å². The van der Waals surface area contributed by atoms with E-state index in [9.17, 15) is 9.59 Å². The third-order valence-electron chi connectivity index (χ3n) is 3.29. The van der Waals surface area contributed by atoms with Crippen LogP contribution in [-0.4, -0.2) is 46.0 Å². The number of hydrogen-bond acceptors (Lipinski definition) is 3. The summed E-state index contributed by atoms with van der Waals surface area (Å²) in [5, 5.41) is 9.05. The number of carboxylic acids is 1. The molecule has 2 fully saturated rings. The van der Waals surface area contributed by atoms with Crippen LogP contribution in [0.4, 0.5) is 0 Å². The van der Waals surface area contributed by atoms with Gasteiger partial charge in [0.05, 0.1) is 11.2 Å². The summed E-state index contributed by atoms with van der Waals surface area (Å²) in [7, 11) is 0. The molecule has 4 nitrogen and oxygen atoms in total. The lowest BCUT2D eigenvalue weighted by Gasteiger charge is -2.32. The van der Waals surface area contributed by atoms with Crippen LogP contribution in [0, 0.1) is 5.92 Å². The van der Waals surface area contributed by atoms with E-state index < -0.39 is 5.97 Å². The lowest BCUT2D eigenvalue weighted by Crippen LogP contribution is -2.45. The van der Waals surface area contributed by atoms with Gasteiger partial charge in [-0.2, -0.15) is 0 Å². The second-order valence-corrected chi connectivity index (χ2v) is 5.77. The van der Waals surface area contributed by atoms with E-state index in [0.29, 0.717) is 13.0 Å². The molecule has 1 N–H and O–H groups in total. The van der Waals surface area contributed by atoms with Crippen LogP contribution in [0.3, 0.4) is 0 Å². The Bertz CT molecular complexity index is 289. The van der Waals surface area contributed by atoms with Crippen molar-refractivity contribution in [1.82, 2.24) is 4.90 Å². The quantitative estimate of drug-likeness (QED) is 0.792. The topological polar surface area (TPSA) is 57.6 Å². The van der Waals surface area contributed by atoms with Crippen molar-refractivity contribution < 1.29 is 14.7 Å². The molecule has 2 heterocycles. The highest BCUT2D eigenvalue weighted by atomic mass is 32.2. The standard InChI is InChI=1S/C11H17NO3S/c13-10(9-4-2-6-16-9)12-5-1-3-8(7-12)11(14)15/h8-9H,1-7H2,(H,14,15). The van der Waals surface area contributed by atoms with E-state index in [0.717, 1.165) is 31.6 Å². The monoisotopic (exact) mass is 243 g/mol. The van der Waals surface area contributed by atoms with Gasteiger partial charge in [-0.3, -0.25) is 9.59 Å². The van der Waals surface area contributed by atoms with Gasteiger partial charge < -0.3 is 10.0 Å². The highest BCUT2D eigenvalue weighted by molar-refractivity contribution is 8.00. The number of hydrogen-bond donors (Lipinski definition) is 1. The van der Waals surface area contributed by atoms with Crippen molar-refractivity contribution >= 4 is 23.6 Å². The van der Waals surface area contributed by atoms with E-state index in [2.05, 4.69) is 0 Å². The maximum Gasteiger partial charge on any atom is 0.308 e. The van der Waals surface area contributed by atoms with Crippen LogP contribution in [0.2, 0.25) is 0 Å². The van der Waals surface area contributed by atoms with Crippen molar-refractivity contribution in [2.45, 2.75) is 30.9 Å². The molecule has 5 heteroatoms. The number of nitrogens with zero attached hydrogens (tertiary/aromatic N) is 1. The number of aliphatic carboxylic acids is 1. The summed E-state index contributed by atoms with van der Waals surface area (Å²) in [5.74, 6) is 0.0983. The number of carbonyl (C=O) groups is 2. The fourth-order valence-corrected chi connectivity index (χ4v) is 3.60. The zero-order chi connectivity index (χ0) is 11.5. The van der Waals surface area contributed by atoms with Crippen molar-refractivity contribution in [3.63, 3.8) is 0 Å². The average Bonchev–Trinajstić information content (AvgIpc) is 2.81. The fraction of sp³-hybridized carbons (Fsp3) is 0.818. The van der Waals surface area contributed by atoms with E-state index in [1.54, 1.807) is 16.7 Å². The van der Waals surface area contributed by atoms with Gasteiger partial charge in [-0.15, -0.1) is 11.8 Å². The smallest absolute Gasteiger partial charge is 0.308 e. The van der Waals surface area contributed by atoms with Crippen molar-refractivity contribution in [3.8, 4) is 0 Å². The molecule has 2 aliphatic rings. The molecule has 2 saturated heterocycles. The van der Waals surface area contributed by atoms with Crippen LogP contribution in [0.25, 0.3) is 0 Å². The molecule has 90 valence electrons. The Balaban J connectivity index is 1.93. The summed E-state index contributed by atoms with van der Waals surface area (Å²) in [5.41, 5.74) is 0. The molecule has 0 radical (unpaired) electrons. The van der Waals surface area contributed by atoms with Crippen LogP contribution < -0.4 is 0 Å². The number of rotatable bonds is 2. The number of thioether (sulfide) groups is 1. The van der Waals surface area contributed by atoms with E-state index in [-0.39, 0.29) is 17.1 Å². The summed E-state index contributed by atoms with van der Waals surface area (Å²) < 4.78 is 0. The van der Waals surface area contributed by atoms with Gasteiger partial charge in [0.25, 0.3) is 0 Å². The minimum absolute atomic E-state index is 0.0903. The average molecular weight is 243 g/mol. The molecule has 0 spiro atoms. The molecular formula is C11H17NO3S. The molecule has 1 amide bonds. The van der Waals surface area contributed by atoms with Gasteiger partial charge in [-0.05, 0) is 31.4 Å². The van der Waals surface area contributed by atoms with Gasteiger partial charge in [0.15, 0.2) is 0 Å². The minimum atomic E-state index is -0.767. The molecular weight excluding hydrogens is 226 g/mol. The molecule has 2 unspecified atom stereocenters. The van der Waals surface area contributed by atoms with Gasteiger partial charge in [-0.25, -0.2) is 0 Å². The Morgan fingerprint density at radius 1 is 1.25 bits per heavy atom. The molecule has 16 heavy (non-hydrogen) atoms. The van der Waals surface area contributed by atoms with E-state index >= 15 is 0 Å². The molecule has 0 aromatic rings. The number of likely N-dealkylation sites (tertiary alicyclic amines) is 1. The third kappa shape index (κ3) is 2.51. The minimum Gasteiger partial charge on any atom is -0.481 e. The highest BCUT2D eigenvalue weighted by Crippen LogP contribution is 2.29. The molecule has 2 aliphatic heterocycles. The molecule has 0 aromatic heterocycles. The van der Waals surface area contributed by atoms with Crippen LogP contribution in [0.5, 0.6) is 0 Å². The molecule has 0 aliphatic carbocycles. The first-order valence-corrected chi connectivity index (χ1v) is 6.86. The lowest BCUT2D eigenvalue weighted by atomic mass is 9.98. The molecule has 0 saturated carbocycles. The molecule has 0 aromatic carbocycles. The maximum atomic E-state index is 12.1. The van der Waals surface area contributed by atoms with Crippen LogP contribution in [-0.2, 0) is 9.59 Å². The van der Waals surface area contributed by atoms with Gasteiger partial charge >= 0.3 is 5.97 Å². The molecule has 2 rings (SSSR count). The predicted molar refractivity (Wildman–Crippen MR) is 62.4 cm³/mol. The van der Waals surface area contributed by atoms with Gasteiger partial charge in [0, 0.05) is 13.1 Å². The van der Waals surface area contributed by atoms with Crippen LogP contribution >= 0.6 is 11.8 Å². The Morgan fingerprint density at radius 2 is 2.06 bits per heavy atom. The summed E-state index contributed by atoms with van der Waals surface area (Å²) in [6, 6.07) is 0.